The molecule has 0 radical (unpaired) electrons. The van der Waals surface area contributed by atoms with Gasteiger partial charge in [-0.3, -0.25) is 23.9 Å². The maximum absolute atomic E-state index is 14.3. The van der Waals surface area contributed by atoms with E-state index in [2.05, 4.69) is 55.5 Å². The predicted octanol–water partition coefficient (Wildman–Crippen LogP) is 7.61. The minimum Gasteiger partial charge on any atom is -0.459 e. The van der Waals surface area contributed by atoms with Crippen LogP contribution in [0.2, 0.25) is 0 Å². The SMILES string of the molecule is CCC[N+](C)(C)CCOC(=O)C(C)(Br)CC(C)(C)C(=O)OCOC(F)(F)OC(F)(F)C(F)(F)OC(F)(F)COC(=O)C(C)(C)CC(C)(Br)C(=O)OCC[N+](C)(C)CCC. The topological polar surface area (TPSA) is 133 Å². The summed E-state index contributed by atoms with van der Waals surface area (Å²) in [6.45, 7) is 9.72. The van der Waals surface area contributed by atoms with E-state index in [1.54, 1.807) is 0 Å². The molecule has 0 aliphatic carbocycles. The second-order valence-electron chi connectivity index (χ2n) is 17.2. The summed E-state index contributed by atoms with van der Waals surface area (Å²) in [5.74, 6) is -4.41. The maximum Gasteiger partial charge on any atom is 0.493 e. The summed E-state index contributed by atoms with van der Waals surface area (Å²) < 4.78 is 140. The monoisotopic (exact) mass is 1010 g/mol. The molecule has 0 aromatic heterocycles. The van der Waals surface area contributed by atoms with Crippen molar-refractivity contribution in [1.82, 2.24) is 0 Å². The van der Waals surface area contributed by atoms with E-state index in [0.717, 1.165) is 39.8 Å². The quantitative estimate of drug-likeness (QED) is 0.0192. The number of rotatable bonds is 28. The van der Waals surface area contributed by atoms with Gasteiger partial charge >= 0.3 is 48.5 Å². The second-order valence-corrected chi connectivity index (χ2v) is 20.7. The number of hydrogen-bond donors (Lipinski definition) is 0. The van der Waals surface area contributed by atoms with Gasteiger partial charge in [-0.05, 0) is 67.2 Å². The lowest BCUT2D eigenvalue weighted by Crippen LogP contribution is -2.53. The minimum atomic E-state index is -6.53. The van der Waals surface area contributed by atoms with Crippen LogP contribution in [-0.2, 0) is 52.3 Å². The number of esters is 4. The van der Waals surface area contributed by atoms with Crippen molar-refractivity contribution < 1.29 is 96.4 Å². The normalized spacial score (nSPS) is 15.8. The number of nitrogens with zero attached hydrogens (tertiary/aromatic N) is 2. The number of likely N-dealkylation sites (N-methyl/N-ethyl adjacent to an activating group) is 2. The van der Waals surface area contributed by atoms with Gasteiger partial charge in [-0.15, -0.1) is 8.78 Å². The Morgan fingerprint density at radius 2 is 0.881 bits per heavy atom. The van der Waals surface area contributed by atoms with Crippen molar-refractivity contribution in [3.05, 3.63) is 0 Å². The summed E-state index contributed by atoms with van der Waals surface area (Å²) in [6, 6.07) is 0. The number of ether oxygens (including phenoxy) is 7. The molecule has 0 aromatic rings. The average molecular weight is 1010 g/mol. The predicted molar refractivity (Wildman–Crippen MR) is 203 cm³/mol. The molecule has 0 fully saturated rings. The van der Waals surface area contributed by atoms with Gasteiger partial charge in [0.2, 0.25) is 6.79 Å². The van der Waals surface area contributed by atoms with Gasteiger partial charge in [0.25, 0.3) is 0 Å². The fourth-order valence-electron chi connectivity index (χ4n) is 5.66. The van der Waals surface area contributed by atoms with Crippen molar-refractivity contribution in [1.29, 1.82) is 0 Å². The Bertz CT molecular complexity index is 1420. The van der Waals surface area contributed by atoms with Crippen LogP contribution in [0.25, 0.3) is 0 Å². The van der Waals surface area contributed by atoms with E-state index in [-0.39, 0.29) is 19.6 Å². The zero-order valence-corrected chi connectivity index (χ0v) is 38.8. The Morgan fingerprint density at radius 3 is 1.25 bits per heavy atom. The highest BCUT2D eigenvalue weighted by Crippen LogP contribution is 2.44. The minimum absolute atomic E-state index is 0.00374. The molecule has 23 heteroatoms. The molecule has 0 rings (SSSR count). The first-order valence-corrected chi connectivity index (χ1v) is 20.1. The molecule has 348 valence electrons. The van der Waals surface area contributed by atoms with Crippen LogP contribution in [0, 0.1) is 10.8 Å². The number of carbonyl (C=O) groups is 4. The van der Waals surface area contributed by atoms with E-state index in [0.29, 0.717) is 22.1 Å². The van der Waals surface area contributed by atoms with E-state index < -0.39 is 87.8 Å². The molecule has 0 aliphatic heterocycles. The molecule has 0 spiro atoms. The summed E-state index contributed by atoms with van der Waals surface area (Å²) in [5.41, 5.74) is -3.43. The fourth-order valence-corrected chi connectivity index (χ4v) is 7.29. The van der Waals surface area contributed by atoms with Gasteiger partial charge in [0, 0.05) is 0 Å². The lowest BCUT2D eigenvalue weighted by molar-refractivity contribution is -0.890. The summed E-state index contributed by atoms with van der Waals surface area (Å²) in [4.78, 5) is 50.7. The van der Waals surface area contributed by atoms with Crippen LogP contribution in [0.1, 0.15) is 81.1 Å². The number of alkyl halides is 10. The second kappa shape index (κ2) is 21.4. The largest absolute Gasteiger partial charge is 0.493 e. The summed E-state index contributed by atoms with van der Waals surface area (Å²) in [6.07, 6.45) is -23.2. The average Bonchev–Trinajstić information content (AvgIpc) is 3.01. The molecule has 2 unspecified atom stereocenters. The molecule has 0 aliphatic rings. The standard InChI is InChI=1S/C36H60Br2F8N2O11/c1-13-15-47(9,10)17-19-53-27(51)31(7,37)21-29(3,4)25(49)55-23-33(39,40)58-34(41,42)35(43,44)59-36(45,46)57-24-56-26(50)30(5,6)22-32(8,38)28(52)54-20-18-48(11,12)16-14-2/h13-24H2,1-12H3/q+2. The number of carbonyl (C=O) groups excluding carboxylic acids is 4. The van der Waals surface area contributed by atoms with Crippen molar-refractivity contribution in [2.45, 2.75) is 114 Å². The van der Waals surface area contributed by atoms with E-state index >= 15 is 0 Å². The van der Waals surface area contributed by atoms with E-state index in [1.807, 2.05) is 42.0 Å². The molecule has 0 N–H and O–H groups in total. The van der Waals surface area contributed by atoms with Gasteiger partial charge in [-0.2, -0.15) is 26.3 Å². The molecular formula is C36H60Br2F8N2O11+2. The van der Waals surface area contributed by atoms with E-state index in [1.165, 1.54) is 27.7 Å². The lowest BCUT2D eigenvalue weighted by atomic mass is 9.83. The Hall–Kier alpha value is -1.92. The Labute approximate surface area is 357 Å². The van der Waals surface area contributed by atoms with Gasteiger partial charge in [-0.25, -0.2) is 9.47 Å². The van der Waals surface area contributed by atoms with Gasteiger partial charge in [-0.1, -0.05) is 45.7 Å². The zero-order valence-electron chi connectivity index (χ0n) is 35.7. The molecule has 59 heavy (non-hydrogen) atoms. The smallest absolute Gasteiger partial charge is 0.459 e. The van der Waals surface area contributed by atoms with Gasteiger partial charge in [0.05, 0.1) is 52.1 Å². The molecule has 0 heterocycles. The van der Waals surface area contributed by atoms with Crippen molar-refractivity contribution in [3.8, 4) is 0 Å². The Balaban J connectivity index is 5.30. The van der Waals surface area contributed by atoms with Crippen molar-refractivity contribution in [3.63, 3.8) is 0 Å². The highest BCUT2D eigenvalue weighted by atomic mass is 79.9. The lowest BCUT2D eigenvalue weighted by Gasteiger charge is -2.33. The zero-order chi connectivity index (χ0) is 46.7. The highest BCUT2D eigenvalue weighted by Gasteiger charge is 2.68. The molecular weight excluding hydrogens is 948 g/mol. The Kier molecular flexibility index (Phi) is 20.7. The first kappa shape index (κ1) is 57.1. The van der Waals surface area contributed by atoms with Crippen molar-refractivity contribution >= 4 is 55.7 Å². The third-order valence-corrected chi connectivity index (χ3v) is 9.88. The van der Waals surface area contributed by atoms with Crippen molar-refractivity contribution in [2.24, 2.45) is 10.8 Å². The van der Waals surface area contributed by atoms with Crippen LogP contribution in [0.15, 0.2) is 0 Å². The van der Waals surface area contributed by atoms with E-state index in [4.69, 9.17) is 9.47 Å². The van der Waals surface area contributed by atoms with Crippen LogP contribution in [0.5, 0.6) is 0 Å². The van der Waals surface area contributed by atoms with Gasteiger partial charge in [0.15, 0.2) is 6.61 Å². The van der Waals surface area contributed by atoms with Crippen LogP contribution >= 0.6 is 31.9 Å². The molecule has 0 saturated carbocycles. The van der Waals surface area contributed by atoms with Gasteiger partial charge < -0.3 is 27.9 Å². The molecule has 0 amide bonds. The Morgan fingerprint density at radius 1 is 0.525 bits per heavy atom. The van der Waals surface area contributed by atoms with Crippen LogP contribution in [-0.4, -0.2) is 147 Å². The highest BCUT2D eigenvalue weighted by molar-refractivity contribution is 9.10. The van der Waals surface area contributed by atoms with E-state index in [9.17, 15) is 54.3 Å². The first-order valence-electron chi connectivity index (χ1n) is 18.5. The maximum atomic E-state index is 14.3. The van der Waals surface area contributed by atoms with Crippen LogP contribution in [0.4, 0.5) is 35.1 Å². The van der Waals surface area contributed by atoms with Crippen molar-refractivity contribution in [2.75, 3.05) is 81.0 Å². The fraction of sp³-hybridized carbons (Fsp3) is 0.889. The summed E-state index contributed by atoms with van der Waals surface area (Å²) in [5, 5.41) is 0. The molecule has 0 saturated heterocycles. The third-order valence-electron chi connectivity index (χ3n) is 8.67. The molecule has 2 atom stereocenters. The molecule has 0 aromatic carbocycles. The third kappa shape index (κ3) is 20.2. The van der Waals surface area contributed by atoms with Crippen LogP contribution in [0.3, 0.4) is 0 Å². The number of hydrogen-bond acceptors (Lipinski definition) is 11. The molecule has 13 nitrogen and oxygen atoms in total. The number of quaternary nitrogens is 2. The summed E-state index contributed by atoms with van der Waals surface area (Å²) >= 11 is 6.30. The summed E-state index contributed by atoms with van der Waals surface area (Å²) in [7, 11) is 7.71. The van der Waals surface area contributed by atoms with Gasteiger partial charge in [0.1, 0.15) is 35.0 Å². The first-order chi connectivity index (χ1) is 26.2. The number of halogens is 10. The van der Waals surface area contributed by atoms with Crippen LogP contribution < -0.4 is 0 Å². The molecule has 0 bridgehead atoms.